The number of hydrogen-bond donors (Lipinski definition) is 1. The molecule has 0 fully saturated rings. The SMILES string of the molecule is CN(CC(F)(F)F)S(=O)(=O)CCSc1cccc(N)c1. The number of halogens is 3. The second-order valence-electron chi connectivity index (χ2n) is 4.11. The van der Waals surface area contributed by atoms with Crippen LogP contribution < -0.4 is 5.73 Å². The molecule has 20 heavy (non-hydrogen) atoms. The molecule has 0 aliphatic heterocycles. The predicted octanol–water partition coefficient (Wildman–Crippen LogP) is 2.18. The third kappa shape index (κ3) is 6.02. The summed E-state index contributed by atoms with van der Waals surface area (Å²) >= 11 is 1.23. The molecule has 0 saturated carbocycles. The summed E-state index contributed by atoms with van der Waals surface area (Å²) in [7, 11) is -2.99. The van der Waals surface area contributed by atoms with Crippen LogP contribution in [0.25, 0.3) is 0 Å². The zero-order valence-electron chi connectivity index (χ0n) is 10.7. The number of benzene rings is 1. The van der Waals surface area contributed by atoms with Crippen LogP contribution in [0.5, 0.6) is 0 Å². The molecule has 1 aromatic carbocycles. The third-order valence-electron chi connectivity index (χ3n) is 2.34. The van der Waals surface area contributed by atoms with Crippen LogP contribution in [-0.2, 0) is 10.0 Å². The van der Waals surface area contributed by atoms with Crippen LogP contribution in [0.4, 0.5) is 18.9 Å². The Morgan fingerprint density at radius 1 is 1.35 bits per heavy atom. The molecule has 2 N–H and O–H groups in total. The fourth-order valence-corrected chi connectivity index (χ4v) is 3.84. The summed E-state index contributed by atoms with van der Waals surface area (Å²) < 4.78 is 60.1. The van der Waals surface area contributed by atoms with E-state index in [4.69, 9.17) is 5.73 Å². The number of rotatable bonds is 6. The molecule has 0 unspecified atom stereocenters. The van der Waals surface area contributed by atoms with E-state index in [2.05, 4.69) is 0 Å². The van der Waals surface area contributed by atoms with Gasteiger partial charge in [0.25, 0.3) is 0 Å². The quantitative estimate of drug-likeness (QED) is 0.642. The second-order valence-corrected chi connectivity index (χ2v) is 7.47. The standard InChI is InChI=1S/C11H15F3N2O2S2/c1-16(8-11(12,13)14)20(17,18)6-5-19-10-4-2-3-9(15)7-10/h2-4,7H,5-6,8,15H2,1H3. The normalized spacial score (nSPS) is 12.8. The van der Waals surface area contributed by atoms with E-state index in [9.17, 15) is 21.6 Å². The Morgan fingerprint density at radius 2 is 2.00 bits per heavy atom. The van der Waals surface area contributed by atoms with E-state index in [0.717, 1.165) is 11.9 Å². The first kappa shape index (κ1) is 17.1. The van der Waals surface area contributed by atoms with Crippen LogP contribution in [0.1, 0.15) is 0 Å². The van der Waals surface area contributed by atoms with E-state index in [1.54, 1.807) is 24.3 Å². The molecule has 0 aliphatic rings. The Labute approximate surface area is 120 Å². The summed E-state index contributed by atoms with van der Waals surface area (Å²) in [5, 5.41) is 0. The number of sulfonamides is 1. The molecule has 4 nitrogen and oxygen atoms in total. The molecule has 1 rings (SSSR count). The predicted molar refractivity (Wildman–Crippen MR) is 74.1 cm³/mol. The molecule has 0 spiro atoms. The van der Waals surface area contributed by atoms with Crippen molar-refractivity contribution in [3.05, 3.63) is 24.3 Å². The van der Waals surface area contributed by atoms with Crippen LogP contribution >= 0.6 is 11.8 Å². The molecule has 0 amide bonds. The van der Waals surface area contributed by atoms with Gasteiger partial charge in [-0.15, -0.1) is 11.8 Å². The Morgan fingerprint density at radius 3 is 2.55 bits per heavy atom. The van der Waals surface area contributed by atoms with Gasteiger partial charge < -0.3 is 5.73 Å². The van der Waals surface area contributed by atoms with E-state index in [0.29, 0.717) is 9.99 Å². The van der Waals surface area contributed by atoms with E-state index in [1.807, 2.05) is 0 Å². The van der Waals surface area contributed by atoms with E-state index < -0.39 is 22.7 Å². The molecule has 1 aromatic rings. The van der Waals surface area contributed by atoms with Crippen LogP contribution in [0, 0.1) is 0 Å². The van der Waals surface area contributed by atoms with Crippen molar-refractivity contribution in [3.8, 4) is 0 Å². The van der Waals surface area contributed by atoms with E-state index in [1.165, 1.54) is 11.8 Å². The molecule has 0 atom stereocenters. The van der Waals surface area contributed by atoms with Gasteiger partial charge in [-0.05, 0) is 18.2 Å². The average Bonchev–Trinajstić information content (AvgIpc) is 2.26. The van der Waals surface area contributed by atoms with Gasteiger partial charge in [-0.1, -0.05) is 6.07 Å². The number of alkyl halides is 3. The van der Waals surface area contributed by atoms with Crippen LogP contribution in [0.2, 0.25) is 0 Å². The molecule has 0 heterocycles. The highest BCUT2D eigenvalue weighted by molar-refractivity contribution is 8.00. The van der Waals surface area contributed by atoms with Gasteiger partial charge in [0.05, 0.1) is 5.75 Å². The van der Waals surface area contributed by atoms with Gasteiger partial charge in [-0.3, -0.25) is 0 Å². The maximum absolute atomic E-state index is 12.1. The van der Waals surface area contributed by atoms with Gasteiger partial charge >= 0.3 is 6.18 Å². The molecule has 9 heteroatoms. The molecular formula is C11H15F3N2O2S2. The second kappa shape index (κ2) is 6.68. The largest absolute Gasteiger partial charge is 0.402 e. The molecule has 0 aliphatic carbocycles. The monoisotopic (exact) mass is 328 g/mol. The fraction of sp³-hybridized carbons (Fsp3) is 0.455. The molecule has 0 aromatic heterocycles. The van der Waals surface area contributed by atoms with Gasteiger partial charge in [0.2, 0.25) is 10.0 Å². The smallest absolute Gasteiger partial charge is 0.399 e. The number of nitrogens with zero attached hydrogens (tertiary/aromatic N) is 1. The number of anilines is 1. The van der Waals surface area contributed by atoms with Gasteiger partial charge in [0, 0.05) is 23.4 Å². The molecule has 0 bridgehead atoms. The highest BCUT2D eigenvalue weighted by Gasteiger charge is 2.33. The summed E-state index contributed by atoms with van der Waals surface area (Å²) in [4.78, 5) is 0.777. The first-order valence-corrected chi connectivity index (χ1v) is 8.19. The van der Waals surface area contributed by atoms with Crippen molar-refractivity contribution < 1.29 is 21.6 Å². The van der Waals surface area contributed by atoms with E-state index in [-0.39, 0.29) is 11.5 Å². The van der Waals surface area contributed by atoms with Crippen molar-refractivity contribution >= 4 is 27.5 Å². The summed E-state index contributed by atoms with van der Waals surface area (Å²) in [6.07, 6.45) is -4.54. The highest BCUT2D eigenvalue weighted by Crippen LogP contribution is 2.22. The molecule has 0 radical (unpaired) electrons. The van der Waals surface area contributed by atoms with E-state index >= 15 is 0 Å². The van der Waals surface area contributed by atoms with Crippen molar-refractivity contribution in [3.63, 3.8) is 0 Å². The van der Waals surface area contributed by atoms with Crippen LogP contribution in [0.15, 0.2) is 29.2 Å². The average molecular weight is 328 g/mol. The Hall–Kier alpha value is -0.930. The number of hydrogen-bond acceptors (Lipinski definition) is 4. The Bertz CT molecular complexity index is 547. The summed E-state index contributed by atoms with van der Waals surface area (Å²) in [6, 6.07) is 6.85. The fourth-order valence-electron chi connectivity index (χ4n) is 1.38. The molecule has 114 valence electrons. The number of nitrogens with two attached hydrogens (primary N) is 1. The molecule has 0 saturated heterocycles. The Balaban J connectivity index is 2.51. The van der Waals surface area contributed by atoms with Crippen LogP contribution in [-0.4, -0.2) is 44.0 Å². The lowest BCUT2D eigenvalue weighted by molar-refractivity contribution is -0.134. The summed E-state index contributed by atoms with van der Waals surface area (Å²) in [5.41, 5.74) is 6.12. The zero-order chi connectivity index (χ0) is 15.4. The minimum absolute atomic E-state index is 0.161. The maximum Gasteiger partial charge on any atom is 0.402 e. The van der Waals surface area contributed by atoms with Crippen molar-refractivity contribution in [1.29, 1.82) is 0 Å². The molecular weight excluding hydrogens is 313 g/mol. The third-order valence-corrected chi connectivity index (χ3v) is 5.40. The van der Waals surface area contributed by atoms with Crippen molar-refractivity contribution in [2.75, 3.05) is 30.8 Å². The van der Waals surface area contributed by atoms with Gasteiger partial charge in [-0.2, -0.15) is 17.5 Å². The number of thioether (sulfide) groups is 1. The van der Waals surface area contributed by atoms with Crippen molar-refractivity contribution in [2.45, 2.75) is 11.1 Å². The first-order valence-electron chi connectivity index (χ1n) is 5.59. The first-order chi connectivity index (χ1) is 9.10. The van der Waals surface area contributed by atoms with Crippen molar-refractivity contribution in [2.24, 2.45) is 0 Å². The zero-order valence-corrected chi connectivity index (χ0v) is 12.4. The van der Waals surface area contributed by atoms with Gasteiger partial charge in [-0.25, -0.2) is 8.42 Å². The topological polar surface area (TPSA) is 63.4 Å². The Kier molecular flexibility index (Phi) is 5.72. The lowest BCUT2D eigenvalue weighted by Gasteiger charge is -2.18. The minimum atomic E-state index is -4.54. The lowest BCUT2D eigenvalue weighted by Crippen LogP contribution is -2.37. The lowest BCUT2D eigenvalue weighted by atomic mass is 10.3. The maximum atomic E-state index is 12.1. The van der Waals surface area contributed by atoms with Gasteiger partial charge in [0.1, 0.15) is 6.54 Å². The summed E-state index contributed by atoms with van der Waals surface area (Å²) in [6.45, 7) is -1.47. The minimum Gasteiger partial charge on any atom is -0.399 e. The van der Waals surface area contributed by atoms with Crippen LogP contribution in [0.3, 0.4) is 0 Å². The number of nitrogen functional groups attached to an aromatic ring is 1. The van der Waals surface area contributed by atoms with Gasteiger partial charge in [0.15, 0.2) is 0 Å². The van der Waals surface area contributed by atoms with Crippen molar-refractivity contribution in [1.82, 2.24) is 4.31 Å². The highest BCUT2D eigenvalue weighted by atomic mass is 32.2. The summed E-state index contributed by atoms with van der Waals surface area (Å²) in [5.74, 6) is -0.201.